The van der Waals surface area contributed by atoms with Crippen molar-refractivity contribution in [1.82, 2.24) is 9.97 Å². The lowest BCUT2D eigenvalue weighted by atomic mass is 10.2. The number of anilines is 4. The van der Waals surface area contributed by atoms with Gasteiger partial charge >= 0.3 is 0 Å². The Morgan fingerprint density at radius 2 is 1.32 bits per heavy atom. The van der Waals surface area contributed by atoms with E-state index in [9.17, 15) is 17.6 Å². The average molecular weight is 509 g/mol. The minimum absolute atomic E-state index is 0.00988. The number of benzene rings is 3. The Bertz CT molecular complexity index is 1380. The summed E-state index contributed by atoms with van der Waals surface area (Å²) in [6.45, 7) is 0. The van der Waals surface area contributed by atoms with Crippen molar-refractivity contribution in [1.29, 1.82) is 0 Å². The highest BCUT2D eigenvalue weighted by atomic mass is 19.1. The summed E-state index contributed by atoms with van der Waals surface area (Å²) in [4.78, 5) is 8.53. The van der Waals surface area contributed by atoms with Gasteiger partial charge in [-0.3, -0.25) is 5.43 Å². The van der Waals surface area contributed by atoms with Gasteiger partial charge in [-0.2, -0.15) is 20.2 Å². The van der Waals surface area contributed by atoms with Crippen LogP contribution in [0.15, 0.2) is 76.9 Å². The van der Waals surface area contributed by atoms with Crippen LogP contribution in [0.1, 0.15) is 11.1 Å². The zero-order valence-corrected chi connectivity index (χ0v) is 19.2. The molecule has 0 unspecified atom stereocenters. The predicted octanol–water partition coefficient (Wildman–Crippen LogP) is 5.68. The maximum absolute atomic E-state index is 13.9. The van der Waals surface area contributed by atoms with Gasteiger partial charge in [0.05, 0.1) is 25.2 Å². The van der Waals surface area contributed by atoms with E-state index in [1.807, 2.05) is 0 Å². The van der Waals surface area contributed by atoms with E-state index in [1.54, 1.807) is 24.3 Å². The second kappa shape index (κ2) is 11.6. The van der Waals surface area contributed by atoms with Crippen LogP contribution in [0.25, 0.3) is 0 Å². The highest BCUT2D eigenvalue weighted by molar-refractivity contribution is 5.81. The maximum Gasteiger partial charge on any atom is 0.247 e. The summed E-state index contributed by atoms with van der Waals surface area (Å²) in [6.07, 6.45) is 2.30. The molecule has 0 saturated carbocycles. The Hall–Kier alpha value is -5.00. The van der Waals surface area contributed by atoms with Crippen LogP contribution in [0, 0.1) is 23.3 Å². The Morgan fingerprint density at radius 1 is 0.730 bits per heavy atom. The molecule has 4 aromatic rings. The number of aromatic nitrogens is 2. The molecule has 8 nitrogen and oxygen atoms in total. The first-order chi connectivity index (χ1) is 17.9. The number of nitrogens with one attached hydrogen (secondary N) is 3. The van der Waals surface area contributed by atoms with Crippen molar-refractivity contribution in [3.63, 3.8) is 0 Å². The van der Waals surface area contributed by atoms with E-state index < -0.39 is 23.3 Å². The Kier molecular flexibility index (Phi) is 7.88. The lowest BCUT2D eigenvalue weighted by molar-refractivity contribution is 0.417. The molecule has 4 rings (SSSR count). The first kappa shape index (κ1) is 25.1. The zero-order valence-electron chi connectivity index (χ0n) is 19.2. The third-order valence-electron chi connectivity index (χ3n) is 4.77. The standard InChI is InChI=1S/C25H19F4N7O/c1-37-22-5-3-2-4-21(22)32-23-12-24(35-30-13-15-6-8-17(26)10-19(15)28)34-25(33-23)36-31-14-16-7-9-18(27)11-20(16)29/h2-14H,1H3,(H3,32,33,34,35,36). The first-order valence-electron chi connectivity index (χ1n) is 10.7. The van der Waals surface area contributed by atoms with Crippen LogP contribution in [-0.2, 0) is 0 Å². The molecule has 188 valence electrons. The minimum Gasteiger partial charge on any atom is -0.495 e. The molecule has 37 heavy (non-hydrogen) atoms. The highest BCUT2D eigenvalue weighted by Gasteiger charge is 2.08. The van der Waals surface area contributed by atoms with Gasteiger partial charge in [0.1, 0.15) is 34.8 Å². The summed E-state index contributed by atoms with van der Waals surface area (Å²) in [6, 6.07) is 14.8. The summed E-state index contributed by atoms with van der Waals surface area (Å²) in [5, 5.41) is 10.9. The van der Waals surface area contributed by atoms with Crippen LogP contribution in [0.4, 0.5) is 40.8 Å². The van der Waals surface area contributed by atoms with E-state index in [0.717, 1.165) is 36.7 Å². The molecule has 1 aromatic heterocycles. The number of rotatable bonds is 9. The molecule has 0 radical (unpaired) electrons. The van der Waals surface area contributed by atoms with E-state index in [4.69, 9.17) is 4.74 Å². The zero-order chi connectivity index (χ0) is 26.2. The fourth-order valence-corrected chi connectivity index (χ4v) is 3.04. The molecule has 0 aliphatic rings. The molecular weight excluding hydrogens is 490 g/mol. The third-order valence-corrected chi connectivity index (χ3v) is 4.77. The first-order valence-corrected chi connectivity index (χ1v) is 10.7. The molecular formula is C25H19F4N7O. The average Bonchev–Trinajstić information content (AvgIpc) is 2.87. The van der Waals surface area contributed by atoms with Gasteiger partial charge in [0.2, 0.25) is 5.95 Å². The van der Waals surface area contributed by atoms with Gasteiger partial charge in [0, 0.05) is 29.3 Å². The van der Waals surface area contributed by atoms with Crippen molar-refractivity contribution in [2.24, 2.45) is 10.2 Å². The summed E-state index contributed by atoms with van der Waals surface area (Å²) < 4.78 is 59.3. The second-order valence-electron chi connectivity index (χ2n) is 7.36. The van der Waals surface area contributed by atoms with Crippen LogP contribution in [0.2, 0.25) is 0 Å². The highest BCUT2D eigenvalue weighted by Crippen LogP contribution is 2.27. The number of hydrogen-bond donors (Lipinski definition) is 3. The number of ether oxygens (including phenoxy) is 1. The van der Waals surface area contributed by atoms with Gasteiger partial charge in [-0.1, -0.05) is 12.1 Å². The molecule has 3 N–H and O–H groups in total. The van der Waals surface area contributed by atoms with E-state index >= 15 is 0 Å². The van der Waals surface area contributed by atoms with Crippen molar-refractivity contribution in [2.45, 2.75) is 0 Å². The largest absolute Gasteiger partial charge is 0.495 e. The van der Waals surface area contributed by atoms with Gasteiger partial charge in [-0.05, 0) is 36.4 Å². The molecule has 0 saturated heterocycles. The number of hydrogen-bond acceptors (Lipinski definition) is 8. The minimum atomic E-state index is -0.789. The molecule has 0 amide bonds. The number of methoxy groups -OCH3 is 1. The summed E-state index contributed by atoms with van der Waals surface area (Å²) in [5.41, 5.74) is 5.93. The fourth-order valence-electron chi connectivity index (χ4n) is 3.04. The Balaban J connectivity index is 1.58. The van der Waals surface area contributed by atoms with Crippen molar-refractivity contribution < 1.29 is 22.3 Å². The normalized spacial score (nSPS) is 11.2. The number of hydrazone groups is 2. The number of halogens is 4. The molecule has 12 heteroatoms. The fraction of sp³-hybridized carbons (Fsp3) is 0.0400. The van der Waals surface area contributed by atoms with E-state index in [1.165, 1.54) is 25.3 Å². The van der Waals surface area contributed by atoms with Gasteiger partial charge in [-0.25, -0.2) is 23.0 Å². The van der Waals surface area contributed by atoms with Crippen LogP contribution in [-0.4, -0.2) is 29.5 Å². The van der Waals surface area contributed by atoms with Crippen molar-refractivity contribution in [3.05, 3.63) is 101 Å². The second-order valence-corrected chi connectivity index (χ2v) is 7.36. The van der Waals surface area contributed by atoms with E-state index in [2.05, 4.69) is 36.3 Å². The molecule has 0 aliphatic heterocycles. The van der Waals surface area contributed by atoms with Crippen LogP contribution in [0.3, 0.4) is 0 Å². The van der Waals surface area contributed by atoms with Gasteiger partial charge < -0.3 is 10.1 Å². The lowest BCUT2D eigenvalue weighted by Gasteiger charge is -2.12. The molecule has 0 aliphatic carbocycles. The topological polar surface area (TPSA) is 95.8 Å². The molecule has 0 fully saturated rings. The summed E-state index contributed by atoms with van der Waals surface area (Å²) in [5.74, 6) is -1.96. The molecule has 0 atom stereocenters. The van der Waals surface area contributed by atoms with Gasteiger partial charge in [-0.15, -0.1) is 0 Å². The van der Waals surface area contributed by atoms with Crippen molar-refractivity contribution in [3.8, 4) is 5.75 Å². The van der Waals surface area contributed by atoms with Crippen LogP contribution in [0.5, 0.6) is 5.75 Å². The number of nitrogens with zero attached hydrogens (tertiary/aromatic N) is 4. The lowest BCUT2D eigenvalue weighted by Crippen LogP contribution is -2.05. The Labute approximate surface area is 208 Å². The molecule has 0 bridgehead atoms. The molecule has 1 heterocycles. The number of para-hydroxylation sites is 2. The van der Waals surface area contributed by atoms with Crippen LogP contribution < -0.4 is 20.9 Å². The van der Waals surface area contributed by atoms with Crippen LogP contribution >= 0.6 is 0 Å². The van der Waals surface area contributed by atoms with E-state index in [0.29, 0.717) is 17.3 Å². The third kappa shape index (κ3) is 6.78. The predicted molar refractivity (Wildman–Crippen MR) is 133 cm³/mol. The van der Waals surface area contributed by atoms with Gasteiger partial charge in [0.15, 0.2) is 5.82 Å². The summed E-state index contributed by atoms with van der Waals surface area (Å²) in [7, 11) is 1.52. The van der Waals surface area contributed by atoms with Crippen molar-refractivity contribution in [2.75, 3.05) is 23.3 Å². The Morgan fingerprint density at radius 3 is 1.95 bits per heavy atom. The smallest absolute Gasteiger partial charge is 0.247 e. The SMILES string of the molecule is COc1ccccc1Nc1cc(NN=Cc2ccc(F)cc2F)nc(NN=Cc2ccc(F)cc2F)n1. The quantitative estimate of drug-likeness (QED) is 0.153. The molecule has 3 aromatic carbocycles. The van der Waals surface area contributed by atoms with Crippen molar-refractivity contribution >= 4 is 35.7 Å². The molecule has 0 spiro atoms. The van der Waals surface area contributed by atoms with Gasteiger partial charge in [0.25, 0.3) is 0 Å². The maximum atomic E-state index is 13.9. The van der Waals surface area contributed by atoms with E-state index in [-0.39, 0.29) is 22.9 Å². The summed E-state index contributed by atoms with van der Waals surface area (Å²) >= 11 is 0. The monoisotopic (exact) mass is 509 g/mol.